The molecule has 8 rings (SSSR count). The predicted molar refractivity (Wildman–Crippen MR) is 226 cm³/mol. The van der Waals surface area contributed by atoms with Crippen LogP contribution in [0, 0.1) is 12.1 Å². The van der Waals surface area contributed by atoms with Gasteiger partial charge < -0.3 is 8.98 Å². The second-order valence-electron chi connectivity index (χ2n) is 15.6. The molecule has 0 spiro atoms. The second-order valence-corrected chi connectivity index (χ2v) is 26.1. The third kappa shape index (κ3) is 7.78. The Morgan fingerprint density at radius 1 is 0.759 bits per heavy atom. The van der Waals surface area contributed by atoms with Crippen LogP contribution in [0.2, 0.25) is 17.3 Å². The molecule has 0 atom stereocenters. The van der Waals surface area contributed by atoms with Crippen molar-refractivity contribution in [1.29, 1.82) is 0 Å². The molecule has 0 aliphatic rings. The minimum Gasteiger partial charge on any atom is 0 e. The fourth-order valence-electron chi connectivity index (χ4n) is 7.40. The maximum atomic E-state index is 6.40. The first-order chi connectivity index (χ1) is 25.6. The van der Waals surface area contributed by atoms with Crippen LogP contribution >= 0.6 is 0 Å². The Hall–Kier alpha value is -4.29. The molecule has 0 saturated carbocycles. The number of fused-ring (bicyclic) bond motifs is 4. The summed E-state index contributed by atoms with van der Waals surface area (Å²) in [6.45, 7) is 11.3. The minimum atomic E-state index is -1.82. The number of para-hydroxylation sites is 4. The van der Waals surface area contributed by atoms with Gasteiger partial charge in [-0.3, -0.25) is 4.98 Å². The molecule has 3 heterocycles. The monoisotopic (exact) mass is 950 g/mol. The molecule has 6 heteroatoms. The summed E-state index contributed by atoms with van der Waals surface area (Å²) in [7, 11) is 0. The van der Waals surface area contributed by atoms with Gasteiger partial charge in [0.15, 0.2) is 0 Å². The van der Waals surface area contributed by atoms with Crippen LogP contribution in [0.5, 0.6) is 0 Å². The summed E-state index contributed by atoms with van der Waals surface area (Å²) in [4.78, 5) is 9.83. The Labute approximate surface area is 336 Å². The van der Waals surface area contributed by atoms with Crippen molar-refractivity contribution in [1.82, 2.24) is 14.5 Å². The number of rotatable bonds is 8. The van der Waals surface area contributed by atoms with E-state index in [1.54, 1.807) is 4.40 Å². The van der Waals surface area contributed by atoms with Gasteiger partial charge in [0, 0.05) is 31.2 Å². The molecule has 54 heavy (non-hydrogen) atoms. The molecule has 4 nitrogen and oxygen atoms in total. The summed E-state index contributed by atoms with van der Waals surface area (Å²) in [5, 5.41) is 2.20. The largest absolute Gasteiger partial charge is 0 e. The van der Waals surface area contributed by atoms with Gasteiger partial charge in [-0.2, -0.15) is 0 Å². The molecule has 0 saturated heterocycles. The number of imidazole rings is 1. The maximum absolute atomic E-state index is 6.40. The van der Waals surface area contributed by atoms with E-state index in [0.29, 0.717) is 11.8 Å². The third-order valence-corrected chi connectivity index (χ3v) is 14.3. The molecule has 0 fully saturated rings. The van der Waals surface area contributed by atoms with Gasteiger partial charge in [-0.15, -0.1) is 18.2 Å². The van der Waals surface area contributed by atoms with Gasteiger partial charge >= 0.3 is 119 Å². The number of nitrogens with zero attached hydrogens (tertiary/aromatic N) is 3. The van der Waals surface area contributed by atoms with Crippen molar-refractivity contribution in [2.75, 3.05) is 0 Å². The number of aryl methyl sites for hydroxylation is 1. The summed E-state index contributed by atoms with van der Waals surface area (Å²) in [6.07, 6.45) is 4.47. The van der Waals surface area contributed by atoms with E-state index >= 15 is 0 Å². The quantitative estimate of drug-likeness (QED) is 0.113. The minimum absolute atomic E-state index is 0. The zero-order chi connectivity index (χ0) is 37.3. The zero-order valence-electron chi connectivity index (χ0n) is 32.6. The smallest absolute Gasteiger partial charge is 0 e. The standard InChI is InChI=1S/C31H27N2O.C17H22GeN.Ir/c1-19(2)21-12-9-13-22(20(3)4)29(21)33-27-17-7-6-16-26(27)32-31(33)25-15-10-14-24-23-11-5-8-18-28(23)34-30(24)25;1-5-9-15-12-17(14-10-7-6-8-11-14)19-13-16(15)18(2,3)4;/h5-14,16-20H,1-4H3;6-8,10,12-13H,5,9H2,1-4H3;/q2*-1;. The van der Waals surface area contributed by atoms with Crippen LogP contribution in [-0.2, 0) is 26.5 Å². The Bertz CT molecular complexity index is 2500. The molecule has 5 aromatic carbocycles. The molecule has 1 radical (unpaired) electrons. The van der Waals surface area contributed by atoms with Crippen molar-refractivity contribution < 1.29 is 24.5 Å². The summed E-state index contributed by atoms with van der Waals surface area (Å²) < 4.78 is 10.3. The van der Waals surface area contributed by atoms with Crippen LogP contribution < -0.4 is 4.40 Å². The van der Waals surface area contributed by atoms with Gasteiger partial charge in [0.1, 0.15) is 5.58 Å². The Kier molecular flexibility index (Phi) is 12.1. The SMILES string of the molecule is CC(C)c1cccc(C(C)C)c1-n1c(-c2[c-]ccc3c2oc2ccccc23)nc2ccccc21.CCCc1cc(-c2[c-]cccc2)nc[c]1[Ge]([CH3])([CH3])[CH3].[Ir]. The normalized spacial score (nSPS) is 11.7. The molecule has 0 aliphatic carbocycles. The number of benzene rings is 5. The first-order valence-electron chi connectivity index (χ1n) is 19.0. The van der Waals surface area contributed by atoms with Gasteiger partial charge in [0.05, 0.1) is 22.4 Å². The summed E-state index contributed by atoms with van der Waals surface area (Å²) in [5.41, 5.74) is 12.1. The van der Waals surface area contributed by atoms with Crippen molar-refractivity contribution in [3.8, 4) is 28.3 Å². The average Bonchev–Trinajstić information content (AvgIpc) is 3.73. The molecule has 0 N–H and O–H groups in total. The number of hydrogen-bond acceptors (Lipinski definition) is 3. The van der Waals surface area contributed by atoms with Crippen LogP contribution in [-0.4, -0.2) is 27.8 Å². The van der Waals surface area contributed by atoms with E-state index < -0.39 is 13.3 Å². The number of pyridine rings is 1. The Morgan fingerprint density at radius 2 is 1.46 bits per heavy atom. The summed E-state index contributed by atoms with van der Waals surface area (Å²) >= 11 is -1.82. The van der Waals surface area contributed by atoms with Crippen molar-refractivity contribution in [3.05, 3.63) is 144 Å². The van der Waals surface area contributed by atoms with Crippen LogP contribution in [0.3, 0.4) is 0 Å². The maximum Gasteiger partial charge on any atom is 0 e. The Morgan fingerprint density at radius 3 is 2.15 bits per heavy atom. The van der Waals surface area contributed by atoms with Gasteiger partial charge in [-0.25, -0.2) is 0 Å². The number of furan rings is 1. The van der Waals surface area contributed by atoms with E-state index in [4.69, 9.17) is 9.40 Å². The van der Waals surface area contributed by atoms with E-state index in [1.807, 2.05) is 42.5 Å². The molecular formula is C48H49GeIrN3O-2. The predicted octanol–water partition coefficient (Wildman–Crippen LogP) is 12.7. The van der Waals surface area contributed by atoms with E-state index in [9.17, 15) is 0 Å². The molecule has 0 amide bonds. The van der Waals surface area contributed by atoms with E-state index in [-0.39, 0.29) is 20.1 Å². The topological polar surface area (TPSA) is 43.9 Å². The molecule has 0 unspecified atom stereocenters. The van der Waals surface area contributed by atoms with E-state index in [2.05, 4.69) is 146 Å². The van der Waals surface area contributed by atoms with Crippen LogP contribution in [0.25, 0.3) is 61.3 Å². The van der Waals surface area contributed by atoms with E-state index in [0.717, 1.165) is 62.0 Å². The molecular weight excluding hydrogens is 899 g/mol. The molecule has 3 aromatic heterocycles. The molecule has 8 aromatic rings. The van der Waals surface area contributed by atoms with Crippen molar-refractivity contribution in [2.24, 2.45) is 0 Å². The summed E-state index contributed by atoms with van der Waals surface area (Å²) in [6, 6.07) is 44.4. The fourth-order valence-corrected chi connectivity index (χ4v) is 10.8. The third-order valence-electron chi connectivity index (χ3n) is 9.99. The fraction of sp³-hybridized carbons (Fsp3) is 0.250. The first-order valence-corrected chi connectivity index (χ1v) is 26.3. The van der Waals surface area contributed by atoms with Gasteiger partial charge in [-0.1, -0.05) is 87.2 Å². The van der Waals surface area contributed by atoms with Gasteiger partial charge in [-0.05, 0) is 41.2 Å². The number of aromatic nitrogens is 3. The summed E-state index contributed by atoms with van der Waals surface area (Å²) in [5.74, 6) is 8.91. The van der Waals surface area contributed by atoms with Crippen molar-refractivity contribution in [2.45, 2.75) is 76.6 Å². The van der Waals surface area contributed by atoms with Crippen molar-refractivity contribution >= 4 is 50.6 Å². The Balaban J connectivity index is 0.000000213. The van der Waals surface area contributed by atoms with Crippen LogP contribution in [0.1, 0.15) is 69.6 Å². The molecule has 0 bridgehead atoms. The van der Waals surface area contributed by atoms with E-state index in [1.165, 1.54) is 28.8 Å². The van der Waals surface area contributed by atoms with Crippen LogP contribution in [0.4, 0.5) is 0 Å². The molecule has 277 valence electrons. The van der Waals surface area contributed by atoms with Crippen molar-refractivity contribution in [3.63, 3.8) is 0 Å². The average molecular weight is 949 g/mol. The molecule has 0 aliphatic heterocycles. The van der Waals surface area contributed by atoms with Gasteiger partial charge in [0.2, 0.25) is 0 Å². The second kappa shape index (κ2) is 16.6. The number of hydrogen-bond donors (Lipinski definition) is 0. The first kappa shape index (κ1) is 39.4. The van der Waals surface area contributed by atoms with Crippen LogP contribution in [0.15, 0.2) is 120 Å². The van der Waals surface area contributed by atoms with Gasteiger partial charge in [0.25, 0.3) is 0 Å². The zero-order valence-corrected chi connectivity index (χ0v) is 37.1.